The van der Waals surface area contributed by atoms with Crippen LogP contribution in [-0.4, -0.2) is 10.9 Å². The molecule has 0 spiro atoms. The molecule has 0 radical (unpaired) electrons. The van der Waals surface area contributed by atoms with Gasteiger partial charge in [0.2, 0.25) is 5.56 Å². The molecule has 5 heteroatoms. The van der Waals surface area contributed by atoms with Gasteiger partial charge < -0.3 is 10.3 Å². The maximum Gasteiger partial charge on any atom is 0.256 e. The molecule has 2 N–H and O–H groups in total. The van der Waals surface area contributed by atoms with Crippen molar-refractivity contribution in [3.05, 3.63) is 75.8 Å². The minimum absolute atomic E-state index is 0.250. The third kappa shape index (κ3) is 2.61. The Bertz CT molecular complexity index is 931. The molecule has 3 rings (SSSR count). The summed E-state index contributed by atoms with van der Waals surface area (Å²) >= 11 is 0. The van der Waals surface area contributed by atoms with Gasteiger partial charge in [-0.1, -0.05) is 24.3 Å². The Morgan fingerprint density at radius 2 is 1.91 bits per heavy atom. The Hall–Kier alpha value is -2.95. The zero-order valence-corrected chi connectivity index (χ0v) is 11.8. The number of amides is 1. The standard InChI is InChI=1S/C17H13FN2O2/c1-10-6-7-11(8-14(10)18)19-17(22)13-9-16(21)20-15-5-3-2-4-12(13)15/h2-9H,1H3,(H,19,22)(H,20,21). The molecule has 0 aliphatic heterocycles. The zero-order valence-electron chi connectivity index (χ0n) is 11.8. The number of hydrogen-bond donors (Lipinski definition) is 2. The van der Waals surface area contributed by atoms with Crippen molar-refractivity contribution in [2.24, 2.45) is 0 Å². The fraction of sp³-hybridized carbons (Fsp3) is 0.0588. The van der Waals surface area contributed by atoms with E-state index >= 15 is 0 Å². The monoisotopic (exact) mass is 296 g/mol. The maximum atomic E-state index is 13.5. The summed E-state index contributed by atoms with van der Waals surface area (Å²) in [6.45, 7) is 1.64. The van der Waals surface area contributed by atoms with Crippen LogP contribution in [0.5, 0.6) is 0 Å². The van der Waals surface area contributed by atoms with Crippen LogP contribution in [0.2, 0.25) is 0 Å². The van der Waals surface area contributed by atoms with Crippen LogP contribution in [0.25, 0.3) is 10.9 Å². The third-order valence-electron chi connectivity index (χ3n) is 3.42. The number of anilines is 1. The number of pyridine rings is 1. The fourth-order valence-corrected chi connectivity index (χ4v) is 2.26. The predicted molar refractivity (Wildman–Crippen MR) is 83.7 cm³/mol. The molecule has 0 atom stereocenters. The van der Waals surface area contributed by atoms with Crippen LogP contribution in [-0.2, 0) is 0 Å². The molecule has 0 unspecified atom stereocenters. The van der Waals surface area contributed by atoms with Gasteiger partial charge in [0.05, 0.1) is 5.56 Å². The van der Waals surface area contributed by atoms with Crippen molar-refractivity contribution in [2.75, 3.05) is 5.32 Å². The Kier molecular flexibility index (Phi) is 3.47. The molecular weight excluding hydrogens is 283 g/mol. The molecule has 0 aliphatic rings. The van der Waals surface area contributed by atoms with Crippen LogP contribution in [0, 0.1) is 12.7 Å². The summed E-state index contributed by atoms with van der Waals surface area (Å²) in [7, 11) is 0. The molecule has 0 fully saturated rings. The Morgan fingerprint density at radius 3 is 2.68 bits per heavy atom. The van der Waals surface area contributed by atoms with E-state index in [1.807, 2.05) is 0 Å². The molecule has 3 aromatic rings. The summed E-state index contributed by atoms with van der Waals surface area (Å²) in [4.78, 5) is 26.7. The topological polar surface area (TPSA) is 62.0 Å². The number of benzene rings is 2. The molecule has 0 saturated heterocycles. The number of rotatable bonds is 2. The van der Waals surface area contributed by atoms with Crippen molar-refractivity contribution in [1.29, 1.82) is 0 Å². The number of fused-ring (bicyclic) bond motifs is 1. The van der Waals surface area contributed by atoms with E-state index in [0.29, 0.717) is 22.2 Å². The van der Waals surface area contributed by atoms with Crippen molar-refractivity contribution in [3.8, 4) is 0 Å². The van der Waals surface area contributed by atoms with Crippen molar-refractivity contribution in [3.63, 3.8) is 0 Å². The first-order chi connectivity index (χ1) is 10.5. The first kappa shape index (κ1) is 14.0. The minimum Gasteiger partial charge on any atom is -0.322 e. The van der Waals surface area contributed by atoms with Gasteiger partial charge in [0.25, 0.3) is 5.91 Å². The van der Waals surface area contributed by atoms with Crippen LogP contribution in [0.3, 0.4) is 0 Å². The van der Waals surface area contributed by atoms with Gasteiger partial charge in [0.1, 0.15) is 5.82 Å². The van der Waals surface area contributed by atoms with E-state index in [-0.39, 0.29) is 11.1 Å². The van der Waals surface area contributed by atoms with Crippen LogP contribution < -0.4 is 10.9 Å². The average molecular weight is 296 g/mol. The lowest BCUT2D eigenvalue weighted by Crippen LogP contribution is -2.17. The second-order valence-electron chi connectivity index (χ2n) is 5.01. The highest BCUT2D eigenvalue weighted by molar-refractivity contribution is 6.12. The Labute approximate surface area is 125 Å². The normalized spacial score (nSPS) is 10.6. The largest absolute Gasteiger partial charge is 0.322 e. The van der Waals surface area contributed by atoms with Gasteiger partial charge >= 0.3 is 0 Å². The Morgan fingerprint density at radius 1 is 1.14 bits per heavy atom. The predicted octanol–water partition coefficient (Wildman–Crippen LogP) is 3.23. The van der Waals surface area contributed by atoms with Gasteiger partial charge in [0.15, 0.2) is 0 Å². The molecule has 22 heavy (non-hydrogen) atoms. The van der Waals surface area contributed by atoms with Gasteiger partial charge in [-0.05, 0) is 30.7 Å². The molecule has 0 saturated carbocycles. The summed E-state index contributed by atoms with van der Waals surface area (Å²) in [6.07, 6.45) is 0. The van der Waals surface area contributed by atoms with E-state index in [1.165, 1.54) is 12.1 Å². The maximum absolute atomic E-state index is 13.5. The molecular formula is C17H13FN2O2. The number of carbonyl (C=O) groups excluding carboxylic acids is 1. The van der Waals surface area contributed by atoms with Gasteiger partial charge in [-0.15, -0.1) is 0 Å². The number of hydrogen-bond acceptors (Lipinski definition) is 2. The van der Waals surface area contributed by atoms with E-state index in [0.717, 1.165) is 0 Å². The number of H-pyrrole nitrogens is 1. The lowest BCUT2D eigenvalue weighted by molar-refractivity contribution is 0.102. The molecule has 1 aromatic heterocycles. The Balaban J connectivity index is 2.02. The number of aromatic amines is 1. The lowest BCUT2D eigenvalue weighted by Gasteiger charge is -2.08. The van der Waals surface area contributed by atoms with Gasteiger partial charge in [0, 0.05) is 22.7 Å². The second kappa shape index (κ2) is 5.44. The van der Waals surface area contributed by atoms with E-state index in [9.17, 15) is 14.0 Å². The van der Waals surface area contributed by atoms with E-state index in [4.69, 9.17) is 0 Å². The summed E-state index contributed by atoms with van der Waals surface area (Å²) < 4.78 is 13.5. The highest BCUT2D eigenvalue weighted by Crippen LogP contribution is 2.18. The lowest BCUT2D eigenvalue weighted by atomic mass is 10.1. The quantitative estimate of drug-likeness (QED) is 0.762. The van der Waals surface area contributed by atoms with Crippen LogP contribution in [0.4, 0.5) is 10.1 Å². The summed E-state index contributed by atoms with van der Waals surface area (Å²) in [5.74, 6) is -0.848. The van der Waals surface area contributed by atoms with E-state index in [1.54, 1.807) is 43.3 Å². The van der Waals surface area contributed by atoms with Crippen LogP contribution in [0.15, 0.2) is 53.3 Å². The number of carbonyl (C=O) groups is 1. The van der Waals surface area contributed by atoms with Crippen molar-refractivity contribution in [1.82, 2.24) is 4.98 Å². The number of halogens is 1. The zero-order chi connectivity index (χ0) is 15.7. The number of nitrogens with one attached hydrogen (secondary N) is 2. The summed E-state index contributed by atoms with van der Waals surface area (Å²) in [6, 6.07) is 12.7. The summed E-state index contributed by atoms with van der Waals surface area (Å²) in [5, 5.41) is 3.25. The molecule has 2 aromatic carbocycles. The summed E-state index contributed by atoms with van der Waals surface area (Å²) in [5.41, 5.74) is 1.31. The van der Waals surface area contributed by atoms with Crippen molar-refractivity contribution < 1.29 is 9.18 Å². The number of aromatic nitrogens is 1. The molecule has 110 valence electrons. The molecule has 1 amide bonds. The van der Waals surface area contributed by atoms with Crippen LogP contribution >= 0.6 is 0 Å². The molecule has 1 heterocycles. The SMILES string of the molecule is Cc1ccc(NC(=O)c2cc(=O)[nH]c3ccccc23)cc1F. The van der Waals surface area contributed by atoms with Crippen molar-refractivity contribution >= 4 is 22.5 Å². The number of para-hydroxylation sites is 1. The highest BCUT2D eigenvalue weighted by atomic mass is 19.1. The molecule has 0 bridgehead atoms. The average Bonchev–Trinajstić information content (AvgIpc) is 2.50. The number of aryl methyl sites for hydroxylation is 1. The fourth-order valence-electron chi connectivity index (χ4n) is 2.26. The second-order valence-corrected chi connectivity index (χ2v) is 5.01. The van der Waals surface area contributed by atoms with E-state index < -0.39 is 11.7 Å². The van der Waals surface area contributed by atoms with E-state index in [2.05, 4.69) is 10.3 Å². The highest BCUT2D eigenvalue weighted by Gasteiger charge is 2.12. The van der Waals surface area contributed by atoms with Gasteiger partial charge in [-0.25, -0.2) is 4.39 Å². The first-order valence-corrected chi connectivity index (χ1v) is 6.74. The van der Waals surface area contributed by atoms with Gasteiger partial charge in [-0.2, -0.15) is 0 Å². The third-order valence-corrected chi connectivity index (χ3v) is 3.42. The van der Waals surface area contributed by atoms with Crippen molar-refractivity contribution in [2.45, 2.75) is 6.92 Å². The van der Waals surface area contributed by atoms with Crippen LogP contribution in [0.1, 0.15) is 15.9 Å². The smallest absolute Gasteiger partial charge is 0.256 e. The first-order valence-electron chi connectivity index (χ1n) is 6.74. The molecule has 0 aliphatic carbocycles. The van der Waals surface area contributed by atoms with Gasteiger partial charge in [-0.3, -0.25) is 9.59 Å². The molecule has 4 nitrogen and oxygen atoms in total. The minimum atomic E-state index is -0.453.